The van der Waals surface area contributed by atoms with E-state index < -0.39 is 16.6 Å². The van der Waals surface area contributed by atoms with Gasteiger partial charge in [-0.05, 0) is 18.6 Å². The van der Waals surface area contributed by atoms with E-state index in [1.54, 1.807) is 6.92 Å². The van der Waals surface area contributed by atoms with Gasteiger partial charge in [0.15, 0.2) is 5.78 Å². The second-order valence-electron chi connectivity index (χ2n) is 3.44. The van der Waals surface area contributed by atoms with Gasteiger partial charge in [0, 0.05) is 10.9 Å². The van der Waals surface area contributed by atoms with Crippen LogP contribution in [-0.2, 0) is 11.5 Å². The summed E-state index contributed by atoms with van der Waals surface area (Å²) in [7, 11) is 0. The Bertz CT molecular complexity index is 427. The highest BCUT2D eigenvalue weighted by Crippen LogP contribution is 2.35. The SMILES string of the molecule is CC(Br)C(=O)c1cccc(C(F)(F)F)c1CBr. The van der Waals surface area contributed by atoms with Crippen molar-refractivity contribution < 1.29 is 18.0 Å². The topological polar surface area (TPSA) is 17.1 Å². The minimum absolute atomic E-state index is 0.0104. The van der Waals surface area contributed by atoms with Crippen LogP contribution in [0.3, 0.4) is 0 Å². The third-order valence-electron chi connectivity index (χ3n) is 2.24. The number of hydrogen-bond donors (Lipinski definition) is 0. The standard InChI is InChI=1S/C11H9Br2F3O/c1-6(13)10(17)7-3-2-4-9(8(7)5-12)11(14,15)16/h2-4,6H,5H2,1H3. The first-order valence-corrected chi connectivity index (χ1v) is 6.76. The molecule has 0 N–H and O–H groups in total. The maximum Gasteiger partial charge on any atom is 0.416 e. The fourth-order valence-corrected chi connectivity index (χ4v) is 2.29. The van der Waals surface area contributed by atoms with Crippen LogP contribution < -0.4 is 0 Å². The Kier molecular flexibility index (Phi) is 4.77. The molecule has 0 radical (unpaired) electrons. The molecule has 0 heterocycles. The predicted octanol–water partition coefficient (Wildman–Crippen LogP) is 4.57. The molecule has 94 valence electrons. The molecule has 0 aliphatic carbocycles. The van der Waals surface area contributed by atoms with E-state index in [9.17, 15) is 18.0 Å². The smallest absolute Gasteiger partial charge is 0.293 e. The van der Waals surface area contributed by atoms with Gasteiger partial charge in [-0.3, -0.25) is 4.79 Å². The van der Waals surface area contributed by atoms with Crippen molar-refractivity contribution in [3.8, 4) is 0 Å². The Labute approximate surface area is 114 Å². The monoisotopic (exact) mass is 372 g/mol. The Morgan fingerprint density at radius 3 is 2.41 bits per heavy atom. The van der Waals surface area contributed by atoms with Crippen molar-refractivity contribution in [3.05, 3.63) is 34.9 Å². The molecule has 0 aromatic heterocycles. The molecular formula is C11H9Br2F3O. The molecule has 0 saturated heterocycles. The summed E-state index contributed by atoms with van der Waals surface area (Å²) in [6, 6.07) is 3.63. The number of rotatable bonds is 3. The maximum atomic E-state index is 12.7. The van der Waals surface area contributed by atoms with Crippen LogP contribution in [0.4, 0.5) is 13.2 Å². The Morgan fingerprint density at radius 2 is 2.00 bits per heavy atom. The summed E-state index contributed by atoms with van der Waals surface area (Å²) < 4.78 is 38.2. The van der Waals surface area contributed by atoms with E-state index in [1.807, 2.05) is 0 Å². The molecule has 0 bridgehead atoms. The minimum Gasteiger partial charge on any atom is -0.293 e. The van der Waals surface area contributed by atoms with Gasteiger partial charge in [0.05, 0.1) is 10.4 Å². The number of benzene rings is 1. The summed E-state index contributed by atoms with van der Waals surface area (Å²) in [5, 5.41) is -0.0104. The molecule has 0 aliphatic rings. The number of alkyl halides is 5. The molecule has 1 atom stereocenters. The summed E-state index contributed by atoms with van der Waals surface area (Å²) in [4.78, 5) is 11.3. The zero-order valence-corrected chi connectivity index (χ0v) is 12.0. The number of halogens is 5. The van der Waals surface area contributed by atoms with Crippen LogP contribution in [0.2, 0.25) is 0 Å². The molecule has 0 amide bonds. The number of hydrogen-bond acceptors (Lipinski definition) is 1. The lowest BCUT2D eigenvalue weighted by Crippen LogP contribution is -2.16. The van der Waals surface area contributed by atoms with Crippen LogP contribution in [0.1, 0.15) is 28.4 Å². The Hall–Kier alpha value is -0.360. The zero-order valence-electron chi connectivity index (χ0n) is 8.81. The van der Waals surface area contributed by atoms with Gasteiger partial charge in [-0.1, -0.05) is 44.0 Å². The summed E-state index contributed by atoms with van der Waals surface area (Å²) in [5.74, 6) is -0.356. The fourth-order valence-electron chi connectivity index (χ4n) is 1.44. The number of Topliss-reactive ketones (excluding diaryl/α,β-unsaturated/α-hetero) is 1. The highest BCUT2D eigenvalue weighted by Gasteiger charge is 2.34. The molecule has 1 aromatic rings. The lowest BCUT2D eigenvalue weighted by atomic mass is 9.98. The first-order chi connectivity index (χ1) is 7.79. The number of carbonyl (C=O) groups excluding carboxylic acids is 1. The normalized spacial score (nSPS) is 13.5. The van der Waals surface area contributed by atoms with Gasteiger partial charge in [0.2, 0.25) is 0 Å². The van der Waals surface area contributed by atoms with Gasteiger partial charge in [0.25, 0.3) is 0 Å². The van der Waals surface area contributed by atoms with E-state index in [0.29, 0.717) is 0 Å². The van der Waals surface area contributed by atoms with Crippen molar-refractivity contribution in [1.82, 2.24) is 0 Å². The van der Waals surface area contributed by atoms with Gasteiger partial charge in [-0.25, -0.2) is 0 Å². The molecule has 1 unspecified atom stereocenters. The van der Waals surface area contributed by atoms with Crippen molar-refractivity contribution in [2.75, 3.05) is 0 Å². The maximum absolute atomic E-state index is 12.7. The largest absolute Gasteiger partial charge is 0.416 e. The quantitative estimate of drug-likeness (QED) is 0.560. The highest BCUT2D eigenvalue weighted by molar-refractivity contribution is 9.10. The van der Waals surface area contributed by atoms with Crippen LogP contribution in [0, 0.1) is 0 Å². The van der Waals surface area contributed by atoms with Crippen LogP contribution in [-0.4, -0.2) is 10.6 Å². The highest BCUT2D eigenvalue weighted by atomic mass is 79.9. The second-order valence-corrected chi connectivity index (χ2v) is 5.38. The molecule has 1 nitrogen and oxygen atoms in total. The third-order valence-corrected chi connectivity index (χ3v) is 3.22. The summed E-state index contributed by atoms with van der Waals surface area (Å²) >= 11 is 6.07. The van der Waals surface area contributed by atoms with Gasteiger partial charge in [-0.2, -0.15) is 13.2 Å². The van der Waals surface area contributed by atoms with Crippen molar-refractivity contribution in [2.24, 2.45) is 0 Å². The summed E-state index contributed by atoms with van der Waals surface area (Å²) in [5.41, 5.74) is -0.689. The molecule has 1 rings (SSSR count). The molecule has 0 saturated carbocycles. The van der Waals surface area contributed by atoms with Crippen molar-refractivity contribution in [1.29, 1.82) is 0 Å². The molecule has 0 aliphatic heterocycles. The van der Waals surface area contributed by atoms with Gasteiger partial charge >= 0.3 is 6.18 Å². The second kappa shape index (κ2) is 5.52. The minimum atomic E-state index is -4.45. The molecule has 6 heteroatoms. The van der Waals surface area contributed by atoms with E-state index in [1.165, 1.54) is 12.1 Å². The lowest BCUT2D eigenvalue weighted by Gasteiger charge is -2.15. The van der Waals surface area contributed by atoms with Gasteiger partial charge in [0.1, 0.15) is 0 Å². The predicted molar refractivity (Wildman–Crippen MR) is 66.8 cm³/mol. The first kappa shape index (κ1) is 14.7. The fraction of sp³-hybridized carbons (Fsp3) is 0.364. The van der Waals surface area contributed by atoms with Crippen molar-refractivity contribution >= 4 is 37.6 Å². The van der Waals surface area contributed by atoms with Crippen LogP contribution in [0.15, 0.2) is 18.2 Å². The molecule has 1 aromatic carbocycles. The lowest BCUT2D eigenvalue weighted by molar-refractivity contribution is -0.138. The van der Waals surface area contributed by atoms with Crippen LogP contribution in [0.25, 0.3) is 0 Å². The van der Waals surface area contributed by atoms with Crippen molar-refractivity contribution in [2.45, 2.75) is 23.3 Å². The number of ketones is 1. The van der Waals surface area contributed by atoms with E-state index in [4.69, 9.17) is 0 Å². The zero-order chi connectivity index (χ0) is 13.2. The van der Waals surface area contributed by atoms with Crippen LogP contribution >= 0.6 is 31.9 Å². The van der Waals surface area contributed by atoms with Gasteiger partial charge < -0.3 is 0 Å². The van der Waals surface area contributed by atoms with E-state index in [-0.39, 0.29) is 22.2 Å². The average molecular weight is 374 g/mol. The van der Waals surface area contributed by atoms with E-state index in [2.05, 4.69) is 31.9 Å². The molecule has 0 spiro atoms. The van der Waals surface area contributed by atoms with E-state index >= 15 is 0 Å². The van der Waals surface area contributed by atoms with E-state index in [0.717, 1.165) is 6.07 Å². The van der Waals surface area contributed by atoms with Gasteiger partial charge in [-0.15, -0.1) is 0 Å². The third kappa shape index (κ3) is 3.31. The molecule has 0 fully saturated rings. The van der Waals surface area contributed by atoms with Crippen molar-refractivity contribution in [3.63, 3.8) is 0 Å². The Balaban J connectivity index is 3.39. The molecular weight excluding hydrogens is 365 g/mol. The summed E-state index contributed by atoms with van der Waals surface area (Å²) in [6.45, 7) is 1.58. The molecule has 17 heavy (non-hydrogen) atoms. The van der Waals surface area contributed by atoms with Crippen LogP contribution in [0.5, 0.6) is 0 Å². The average Bonchev–Trinajstić information content (AvgIpc) is 2.25. The number of carbonyl (C=O) groups is 1. The Morgan fingerprint density at radius 1 is 1.41 bits per heavy atom. The first-order valence-electron chi connectivity index (χ1n) is 4.72. The summed E-state index contributed by atoms with van der Waals surface area (Å²) in [6.07, 6.45) is -4.45.